The van der Waals surface area contributed by atoms with Gasteiger partial charge in [-0.2, -0.15) is 0 Å². The lowest BCUT2D eigenvalue weighted by molar-refractivity contribution is 0.0970. The third-order valence-electron chi connectivity index (χ3n) is 4.46. The summed E-state index contributed by atoms with van der Waals surface area (Å²) in [4.78, 5) is 58.4. The normalized spacial score (nSPS) is 13.7. The molecule has 5 N–H and O–H groups in total. The van der Waals surface area contributed by atoms with Crippen molar-refractivity contribution in [1.29, 1.82) is 0 Å². The first kappa shape index (κ1) is 21.9. The van der Waals surface area contributed by atoms with Crippen LogP contribution in [0.2, 0.25) is 5.15 Å². The number of ketones is 1. The lowest BCUT2D eigenvalue weighted by Gasteiger charge is -2.28. The second-order valence-corrected chi connectivity index (χ2v) is 10.7. The molecule has 0 saturated carbocycles. The van der Waals surface area contributed by atoms with Crippen molar-refractivity contribution in [2.24, 2.45) is 0 Å². The zero-order valence-corrected chi connectivity index (χ0v) is 17.3. The van der Waals surface area contributed by atoms with E-state index < -0.39 is 38.7 Å². The molecule has 1 atom stereocenters. The first-order valence-corrected chi connectivity index (χ1v) is 12.0. The second-order valence-electron chi connectivity index (χ2n) is 6.47. The van der Waals surface area contributed by atoms with Gasteiger partial charge in [-0.05, 0) is 29.8 Å². The summed E-state index contributed by atoms with van der Waals surface area (Å²) < 4.78 is 24.1. The average Bonchev–Trinajstić information content (AvgIpc) is 3.13. The quantitative estimate of drug-likeness (QED) is 0.205. The van der Waals surface area contributed by atoms with E-state index in [2.05, 4.69) is 9.97 Å². The van der Waals surface area contributed by atoms with E-state index in [0.29, 0.717) is 10.9 Å². The molecule has 2 heterocycles. The van der Waals surface area contributed by atoms with Crippen LogP contribution in [0, 0.1) is 0 Å². The Balaban J connectivity index is 2.19. The van der Waals surface area contributed by atoms with Crippen molar-refractivity contribution in [1.82, 2.24) is 9.97 Å². The molecule has 0 bridgehead atoms. The SMILES string of the molecule is O=C(CC(c1cc2ccccc2nc1Cl)C(P(=O)(O)O)P(=O)(O)O)c1ccc[nH]1. The van der Waals surface area contributed by atoms with Crippen LogP contribution in [0.15, 0.2) is 48.7 Å². The Morgan fingerprint density at radius 2 is 1.72 bits per heavy atom. The smallest absolute Gasteiger partial charge is 0.341 e. The van der Waals surface area contributed by atoms with Gasteiger partial charge in [0.15, 0.2) is 11.2 Å². The number of fused-ring (bicyclic) bond motifs is 1. The maximum atomic E-state index is 12.6. The highest BCUT2D eigenvalue weighted by Gasteiger charge is 2.50. The van der Waals surface area contributed by atoms with Crippen LogP contribution in [0.3, 0.4) is 0 Å². The monoisotopic (exact) mass is 458 g/mol. The summed E-state index contributed by atoms with van der Waals surface area (Å²) in [6, 6.07) is 11.2. The molecule has 0 aliphatic carbocycles. The number of aromatic amines is 1. The Hall–Kier alpha value is -1.83. The molecule has 0 aliphatic heterocycles. The van der Waals surface area contributed by atoms with Crippen LogP contribution in [0.25, 0.3) is 10.9 Å². The Kier molecular flexibility index (Phi) is 6.13. The topological polar surface area (TPSA) is 161 Å². The predicted octanol–water partition coefficient (Wildman–Crippen LogP) is 3.25. The fraction of sp³-hybridized carbons (Fsp3) is 0.176. The molecule has 3 rings (SSSR count). The zero-order valence-electron chi connectivity index (χ0n) is 14.7. The molecule has 154 valence electrons. The number of rotatable bonds is 7. The highest BCUT2D eigenvalue weighted by molar-refractivity contribution is 7.71. The highest BCUT2D eigenvalue weighted by atomic mass is 35.5. The van der Waals surface area contributed by atoms with Crippen LogP contribution in [-0.4, -0.2) is 40.7 Å². The number of nitrogens with one attached hydrogen (secondary N) is 1. The van der Waals surface area contributed by atoms with E-state index in [1.165, 1.54) is 18.3 Å². The van der Waals surface area contributed by atoms with Gasteiger partial charge in [0.1, 0.15) is 5.15 Å². The van der Waals surface area contributed by atoms with Gasteiger partial charge < -0.3 is 24.6 Å². The third-order valence-corrected chi connectivity index (χ3v) is 8.66. The molecule has 0 radical (unpaired) electrons. The van der Waals surface area contributed by atoms with Gasteiger partial charge in [0.05, 0.1) is 11.2 Å². The van der Waals surface area contributed by atoms with Crippen LogP contribution in [0.1, 0.15) is 28.4 Å². The molecule has 0 aliphatic rings. The van der Waals surface area contributed by atoms with E-state index in [4.69, 9.17) is 11.6 Å². The van der Waals surface area contributed by atoms with E-state index >= 15 is 0 Å². The first-order chi connectivity index (χ1) is 13.5. The number of nitrogens with zero attached hydrogens (tertiary/aromatic N) is 1. The zero-order chi connectivity index (χ0) is 21.4. The van der Waals surface area contributed by atoms with Crippen LogP contribution in [0.4, 0.5) is 0 Å². The van der Waals surface area contributed by atoms with Crippen molar-refractivity contribution >= 4 is 43.5 Å². The molecule has 0 spiro atoms. The number of Topliss-reactive ketones (excluding diaryl/α,β-unsaturated/α-hetero) is 1. The lowest BCUT2D eigenvalue weighted by Crippen LogP contribution is -2.23. The largest absolute Gasteiger partial charge is 0.359 e. The minimum atomic E-state index is -5.34. The predicted molar refractivity (Wildman–Crippen MR) is 107 cm³/mol. The van der Waals surface area contributed by atoms with Gasteiger partial charge in [0, 0.05) is 23.9 Å². The van der Waals surface area contributed by atoms with Crippen molar-refractivity contribution in [3.8, 4) is 0 Å². The summed E-state index contributed by atoms with van der Waals surface area (Å²) in [6.45, 7) is 0. The molecule has 1 unspecified atom stereocenters. The Bertz CT molecular complexity index is 1120. The number of carbonyl (C=O) groups excluding carboxylic acids is 1. The number of aromatic nitrogens is 2. The molecule has 0 amide bonds. The molecular weight excluding hydrogens is 442 g/mol. The van der Waals surface area contributed by atoms with Crippen LogP contribution in [0.5, 0.6) is 0 Å². The molecule has 9 nitrogen and oxygen atoms in total. The molecule has 12 heteroatoms. The van der Waals surface area contributed by atoms with Crippen molar-refractivity contribution in [3.05, 3.63) is 65.1 Å². The molecular formula is C17H17ClN2O7P2. The van der Waals surface area contributed by atoms with E-state index in [0.717, 1.165) is 0 Å². The van der Waals surface area contributed by atoms with Crippen LogP contribution in [-0.2, 0) is 9.13 Å². The summed E-state index contributed by atoms with van der Waals surface area (Å²) >= 11 is 6.21. The highest BCUT2D eigenvalue weighted by Crippen LogP contribution is 2.65. The molecule has 0 fully saturated rings. The van der Waals surface area contributed by atoms with Crippen molar-refractivity contribution in [3.63, 3.8) is 0 Å². The first-order valence-electron chi connectivity index (χ1n) is 8.30. The number of benzene rings is 1. The van der Waals surface area contributed by atoms with E-state index in [1.54, 1.807) is 30.3 Å². The number of para-hydroxylation sites is 1. The third kappa shape index (κ3) is 4.85. The van der Waals surface area contributed by atoms with E-state index in [9.17, 15) is 33.5 Å². The van der Waals surface area contributed by atoms with Gasteiger partial charge in [-0.1, -0.05) is 29.8 Å². The maximum absolute atomic E-state index is 12.6. The maximum Gasteiger partial charge on any atom is 0.341 e. The fourth-order valence-electron chi connectivity index (χ4n) is 3.22. The number of hydrogen-bond acceptors (Lipinski definition) is 4. The number of H-pyrrole nitrogens is 1. The lowest BCUT2D eigenvalue weighted by atomic mass is 9.94. The summed E-state index contributed by atoms with van der Waals surface area (Å²) in [7, 11) is -10.7. The Labute approximate surface area is 170 Å². The molecule has 0 saturated heterocycles. The van der Waals surface area contributed by atoms with Crippen molar-refractivity contribution in [2.75, 3.05) is 0 Å². The molecule has 3 aromatic rings. The minimum absolute atomic E-state index is 0.0260. The number of hydrogen-bond donors (Lipinski definition) is 5. The van der Waals surface area contributed by atoms with Gasteiger partial charge >= 0.3 is 15.2 Å². The Morgan fingerprint density at radius 3 is 2.31 bits per heavy atom. The van der Waals surface area contributed by atoms with Gasteiger partial charge in [-0.3, -0.25) is 13.9 Å². The fourth-order valence-corrected chi connectivity index (χ4v) is 6.55. The van der Waals surface area contributed by atoms with Crippen molar-refractivity contribution < 1.29 is 33.5 Å². The summed E-state index contributed by atoms with van der Waals surface area (Å²) in [5, 5.41) is -2.10. The summed E-state index contributed by atoms with van der Waals surface area (Å²) in [5.41, 5.74) is 0.594. The molecule has 29 heavy (non-hydrogen) atoms. The van der Waals surface area contributed by atoms with Gasteiger partial charge in [-0.15, -0.1) is 0 Å². The van der Waals surface area contributed by atoms with E-state index in [-0.39, 0.29) is 16.4 Å². The number of pyridine rings is 1. The van der Waals surface area contributed by atoms with Crippen LogP contribution < -0.4 is 0 Å². The van der Waals surface area contributed by atoms with Gasteiger partial charge in [0.2, 0.25) is 0 Å². The van der Waals surface area contributed by atoms with Gasteiger partial charge in [0.25, 0.3) is 0 Å². The standard InChI is InChI=1S/C17H17ClN2O7P2/c18-16-11(8-10-4-1-2-5-13(10)20-16)12(9-15(21)14-6-3-7-19-14)17(28(22,23)24)29(25,26)27/h1-8,12,17,19H,9H2,(H2,22,23,24)(H2,25,26,27). The minimum Gasteiger partial charge on any atom is -0.359 e. The summed E-state index contributed by atoms with van der Waals surface area (Å²) in [6.07, 6.45) is 0.886. The number of halogens is 1. The summed E-state index contributed by atoms with van der Waals surface area (Å²) in [5.74, 6) is -2.16. The van der Waals surface area contributed by atoms with E-state index in [1.807, 2.05) is 0 Å². The van der Waals surface area contributed by atoms with Crippen molar-refractivity contribution in [2.45, 2.75) is 17.7 Å². The number of carbonyl (C=O) groups is 1. The van der Waals surface area contributed by atoms with Gasteiger partial charge in [-0.25, -0.2) is 4.98 Å². The Morgan fingerprint density at radius 1 is 1.07 bits per heavy atom. The average molecular weight is 459 g/mol. The molecule has 1 aromatic carbocycles. The second kappa shape index (κ2) is 8.13. The molecule has 2 aromatic heterocycles. The van der Waals surface area contributed by atoms with Crippen LogP contribution >= 0.6 is 26.8 Å².